The van der Waals surface area contributed by atoms with Gasteiger partial charge in [0.2, 0.25) is 17.8 Å². The van der Waals surface area contributed by atoms with E-state index >= 15 is 0 Å². The van der Waals surface area contributed by atoms with Gasteiger partial charge in [-0.2, -0.15) is 4.98 Å². The van der Waals surface area contributed by atoms with Crippen molar-refractivity contribution in [3.05, 3.63) is 59.9 Å². The van der Waals surface area contributed by atoms with E-state index in [2.05, 4.69) is 82.2 Å². The molecule has 2 aromatic carbocycles. The second-order valence-electron chi connectivity index (χ2n) is 9.64. The molecule has 1 fully saturated rings. The highest BCUT2D eigenvalue weighted by atomic mass is 79.9. The number of carbonyl (C=O) groups excluding carboxylic acids is 1. The zero-order chi connectivity index (χ0) is 28.5. The van der Waals surface area contributed by atoms with Gasteiger partial charge in [-0.1, -0.05) is 28.6 Å². The van der Waals surface area contributed by atoms with Crippen LogP contribution in [-0.4, -0.2) is 91.1 Å². The summed E-state index contributed by atoms with van der Waals surface area (Å²) in [5.41, 5.74) is 2.97. The number of piperazine rings is 1. The normalized spacial score (nSPS) is 13.7. The summed E-state index contributed by atoms with van der Waals surface area (Å²) >= 11 is 3.47. The Labute approximate surface area is 243 Å². The number of hydrogen-bond acceptors (Lipinski definition) is 10. The molecule has 0 atom stereocenters. The lowest BCUT2D eigenvalue weighted by Gasteiger charge is -2.37. The number of amides is 1. The lowest BCUT2D eigenvalue weighted by Crippen LogP contribution is -2.47. The summed E-state index contributed by atoms with van der Waals surface area (Å²) in [4.78, 5) is 32.3. The van der Waals surface area contributed by atoms with Crippen molar-refractivity contribution in [2.24, 2.45) is 0 Å². The third-order valence-electron chi connectivity index (χ3n) is 6.45. The molecule has 0 aliphatic carbocycles. The zero-order valence-corrected chi connectivity index (χ0v) is 24.7. The van der Waals surface area contributed by atoms with Crippen LogP contribution in [0.25, 0.3) is 0 Å². The van der Waals surface area contributed by atoms with Crippen LogP contribution >= 0.6 is 15.9 Å². The van der Waals surface area contributed by atoms with Gasteiger partial charge < -0.3 is 30.5 Å². The highest BCUT2D eigenvalue weighted by molar-refractivity contribution is 9.10. The number of benzene rings is 2. The van der Waals surface area contributed by atoms with E-state index in [9.17, 15) is 4.79 Å². The van der Waals surface area contributed by atoms with Gasteiger partial charge in [0, 0.05) is 42.4 Å². The Morgan fingerprint density at radius 1 is 1.10 bits per heavy atom. The van der Waals surface area contributed by atoms with Crippen molar-refractivity contribution in [2.75, 3.05) is 81.3 Å². The molecule has 3 aromatic rings. The fourth-order valence-corrected chi connectivity index (χ4v) is 4.84. The lowest BCUT2D eigenvalue weighted by molar-refractivity contribution is -0.111. The second kappa shape index (κ2) is 14.1. The Balaban J connectivity index is 1.53. The Kier molecular flexibility index (Phi) is 10.3. The molecule has 0 unspecified atom stereocenters. The first-order valence-electron chi connectivity index (χ1n) is 13.1. The number of aromatic nitrogens is 3. The number of methoxy groups -OCH3 is 1. The van der Waals surface area contributed by atoms with E-state index in [0.29, 0.717) is 29.0 Å². The Morgan fingerprint density at radius 3 is 2.52 bits per heavy atom. The number of nitrogens with zero attached hydrogens (tertiary/aromatic N) is 6. The van der Waals surface area contributed by atoms with Crippen molar-refractivity contribution in [1.29, 1.82) is 0 Å². The Hall–Kier alpha value is -3.74. The summed E-state index contributed by atoms with van der Waals surface area (Å²) in [6.45, 7) is 9.33. The quantitative estimate of drug-likeness (QED) is 0.257. The van der Waals surface area contributed by atoms with Gasteiger partial charge >= 0.3 is 0 Å². The maximum absolute atomic E-state index is 12.4. The third-order valence-corrected chi connectivity index (χ3v) is 6.95. The molecule has 1 amide bonds. The highest BCUT2D eigenvalue weighted by Gasteiger charge is 2.22. The minimum atomic E-state index is -0.291. The van der Waals surface area contributed by atoms with Crippen LogP contribution in [-0.2, 0) is 4.79 Å². The predicted molar refractivity (Wildman–Crippen MR) is 164 cm³/mol. The van der Waals surface area contributed by atoms with Gasteiger partial charge in [-0.15, -0.1) is 0 Å². The molecule has 0 bridgehead atoms. The van der Waals surface area contributed by atoms with E-state index in [4.69, 9.17) is 4.74 Å². The van der Waals surface area contributed by atoms with Gasteiger partial charge in [0.25, 0.3) is 0 Å². The molecule has 40 heavy (non-hydrogen) atoms. The third kappa shape index (κ3) is 8.13. The second-order valence-corrected chi connectivity index (χ2v) is 10.6. The molecule has 0 spiro atoms. The Bertz CT molecular complexity index is 1310. The maximum atomic E-state index is 12.4. The van der Waals surface area contributed by atoms with Crippen LogP contribution < -0.4 is 25.6 Å². The molecule has 212 valence electrons. The smallest absolute Gasteiger partial charge is 0.247 e. The van der Waals surface area contributed by atoms with Crippen LogP contribution in [0.4, 0.5) is 34.6 Å². The average molecular weight is 611 g/mol. The molecule has 2 heterocycles. The maximum Gasteiger partial charge on any atom is 0.247 e. The van der Waals surface area contributed by atoms with E-state index in [1.807, 2.05) is 36.4 Å². The lowest BCUT2D eigenvalue weighted by atomic mass is 10.1. The summed E-state index contributed by atoms with van der Waals surface area (Å²) in [6, 6.07) is 11.5. The first kappa shape index (κ1) is 29.2. The largest absolute Gasteiger partial charge is 0.494 e. The molecule has 0 saturated carbocycles. The number of carbonyl (C=O) groups is 1. The molecule has 3 N–H and O–H groups in total. The highest BCUT2D eigenvalue weighted by Crippen LogP contribution is 2.38. The van der Waals surface area contributed by atoms with Crippen LogP contribution in [0.5, 0.6) is 5.75 Å². The molecular formula is C28H36BrN9O2. The van der Waals surface area contributed by atoms with Crippen LogP contribution in [0.3, 0.4) is 0 Å². The van der Waals surface area contributed by atoms with Crippen LogP contribution in [0.2, 0.25) is 0 Å². The monoisotopic (exact) mass is 609 g/mol. The van der Waals surface area contributed by atoms with Crippen molar-refractivity contribution in [2.45, 2.75) is 6.42 Å². The van der Waals surface area contributed by atoms with Gasteiger partial charge in [0.15, 0.2) is 0 Å². The topological polar surface area (TPSA) is 111 Å². The molecular weight excluding hydrogens is 574 g/mol. The standard InChI is InChI=1S/C28H36BrN9O2/c1-5-26(39)33-22-17-23(34-28-31-19-30-27(35-28)32-21-9-6-8-20(29)16-21)25(40-4)18-24(22)38-14-12-37(13-15-38)11-7-10-36(2)3/h5-6,8-9,16-19H,1,7,10-15H2,2-4H3,(H,33,39)(H2,30,31,32,34,35). The fraction of sp³-hybridized carbons (Fsp3) is 0.357. The molecule has 4 rings (SSSR count). The predicted octanol–water partition coefficient (Wildman–Crippen LogP) is 4.33. The van der Waals surface area contributed by atoms with Crippen molar-refractivity contribution < 1.29 is 9.53 Å². The summed E-state index contributed by atoms with van der Waals surface area (Å²) in [6.07, 6.45) is 3.82. The molecule has 12 heteroatoms. The summed E-state index contributed by atoms with van der Waals surface area (Å²) in [7, 11) is 5.82. The van der Waals surface area contributed by atoms with Crippen molar-refractivity contribution in [1.82, 2.24) is 24.8 Å². The molecule has 11 nitrogen and oxygen atoms in total. The van der Waals surface area contributed by atoms with Crippen LogP contribution in [0.15, 0.2) is 59.9 Å². The molecule has 1 aliphatic rings. The van der Waals surface area contributed by atoms with Crippen LogP contribution in [0.1, 0.15) is 6.42 Å². The molecule has 0 radical (unpaired) electrons. The van der Waals surface area contributed by atoms with E-state index in [1.165, 1.54) is 12.4 Å². The van der Waals surface area contributed by atoms with E-state index in [-0.39, 0.29) is 5.91 Å². The van der Waals surface area contributed by atoms with Crippen molar-refractivity contribution in [3.63, 3.8) is 0 Å². The zero-order valence-electron chi connectivity index (χ0n) is 23.2. The fourth-order valence-electron chi connectivity index (χ4n) is 4.44. The SMILES string of the molecule is C=CC(=O)Nc1cc(Nc2ncnc(Nc3cccc(Br)c3)n2)c(OC)cc1N1CCN(CCCN(C)C)CC1. The first-order chi connectivity index (χ1) is 19.3. The van der Waals surface area contributed by atoms with Crippen molar-refractivity contribution >= 4 is 56.5 Å². The minimum Gasteiger partial charge on any atom is -0.494 e. The number of ether oxygens (including phenoxy) is 1. The number of anilines is 6. The van der Waals surface area contributed by atoms with E-state index in [1.54, 1.807) is 7.11 Å². The van der Waals surface area contributed by atoms with Crippen LogP contribution in [0, 0.1) is 0 Å². The summed E-state index contributed by atoms with van der Waals surface area (Å²) < 4.78 is 6.68. The minimum absolute atomic E-state index is 0.291. The Morgan fingerprint density at radius 2 is 1.85 bits per heavy atom. The summed E-state index contributed by atoms with van der Waals surface area (Å²) in [5, 5.41) is 9.35. The van der Waals surface area contributed by atoms with Gasteiger partial charge in [-0.05, 0) is 63.9 Å². The number of hydrogen-bond donors (Lipinski definition) is 3. The molecule has 1 aromatic heterocycles. The van der Waals surface area contributed by atoms with Gasteiger partial charge in [-0.25, -0.2) is 9.97 Å². The van der Waals surface area contributed by atoms with E-state index < -0.39 is 0 Å². The van der Waals surface area contributed by atoms with Gasteiger partial charge in [0.05, 0.1) is 24.2 Å². The summed E-state index contributed by atoms with van der Waals surface area (Å²) in [5.74, 6) is 1.02. The molecule has 1 aliphatic heterocycles. The number of rotatable bonds is 12. The number of halogens is 1. The van der Waals surface area contributed by atoms with Gasteiger partial charge in [0.1, 0.15) is 12.1 Å². The average Bonchev–Trinajstić information content (AvgIpc) is 2.93. The van der Waals surface area contributed by atoms with E-state index in [0.717, 1.165) is 61.5 Å². The van der Waals surface area contributed by atoms with Gasteiger partial charge in [-0.3, -0.25) is 9.69 Å². The first-order valence-corrected chi connectivity index (χ1v) is 13.9. The van der Waals surface area contributed by atoms with Crippen molar-refractivity contribution in [3.8, 4) is 5.75 Å². The number of nitrogens with one attached hydrogen (secondary N) is 3. The molecule has 1 saturated heterocycles.